The zero-order valence-electron chi connectivity index (χ0n) is 11.8. The summed E-state index contributed by atoms with van der Waals surface area (Å²) in [5.41, 5.74) is 1.47. The molecule has 2 aromatic carbocycles. The summed E-state index contributed by atoms with van der Waals surface area (Å²) in [4.78, 5) is 25.0. The summed E-state index contributed by atoms with van der Waals surface area (Å²) in [6.45, 7) is 0.212. The second-order valence-corrected chi connectivity index (χ2v) is 5.04. The number of hydrogen-bond donors (Lipinski definition) is 1. The second-order valence-electron chi connectivity index (χ2n) is 5.04. The fourth-order valence-corrected chi connectivity index (χ4v) is 2.50. The number of rotatable bonds is 5. The third-order valence-electron chi connectivity index (χ3n) is 3.61. The molecule has 3 rings (SSSR count). The van der Waals surface area contributed by atoms with Crippen LogP contribution in [0.15, 0.2) is 60.7 Å². The van der Waals surface area contributed by atoms with Gasteiger partial charge in [0.1, 0.15) is 0 Å². The van der Waals surface area contributed by atoms with Gasteiger partial charge in [-0.1, -0.05) is 48.5 Å². The summed E-state index contributed by atoms with van der Waals surface area (Å²) < 4.78 is 5.53. The molecule has 5 nitrogen and oxygen atoms in total. The molecule has 0 radical (unpaired) electrons. The predicted octanol–water partition coefficient (Wildman–Crippen LogP) is 2.07. The minimum Gasteiger partial charge on any atom is -0.480 e. The maximum atomic E-state index is 12.2. The Hall–Kier alpha value is -2.66. The Balaban J connectivity index is 1.73. The Bertz CT molecular complexity index is 672. The standard InChI is InChI=1S/C17H15NO4/c19-16-15(22-11-12-7-3-1-4-8-12)14(17(20)21)18(16)13-9-5-2-6-10-13/h1-10,14-15H,11H2,(H,20,21)/t14-,15-/m0/s1. The molecule has 1 aliphatic heterocycles. The molecular formula is C17H15NO4. The quantitative estimate of drug-likeness (QED) is 0.858. The Morgan fingerprint density at radius 3 is 2.23 bits per heavy atom. The lowest BCUT2D eigenvalue weighted by Crippen LogP contribution is -2.69. The van der Waals surface area contributed by atoms with Gasteiger partial charge in [0, 0.05) is 5.69 Å². The first kappa shape index (κ1) is 14.3. The number of benzene rings is 2. The third-order valence-corrected chi connectivity index (χ3v) is 3.61. The number of ether oxygens (including phenoxy) is 1. The second kappa shape index (κ2) is 5.99. The number of carboxylic acids is 1. The van der Waals surface area contributed by atoms with E-state index in [2.05, 4.69) is 0 Å². The van der Waals surface area contributed by atoms with Crippen LogP contribution in [0, 0.1) is 0 Å². The molecule has 1 fully saturated rings. The Kier molecular flexibility index (Phi) is 3.89. The Morgan fingerprint density at radius 2 is 1.64 bits per heavy atom. The molecule has 0 saturated carbocycles. The zero-order chi connectivity index (χ0) is 15.5. The van der Waals surface area contributed by atoms with Crippen molar-refractivity contribution < 1.29 is 19.4 Å². The van der Waals surface area contributed by atoms with Crippen molar-refractivity contribution in [2.45, 2.75) is 18.8 Å². The maximum absolute atomic E-state index is 12.2. The van der Waals surface area contributed by atoms with Crippen molar-refractivity contribution in [3.63, 3.8) is 0 Å². The third kappa shape index (κ3) is 2.58. The van der Waals surface area contributed by atoms with E-state index in [0.29, 0.717) is 5.69 Å². The number of anilines is 1. The van der Waals surface area contributed by atoms with E-state index >= 15 is 0 Å². The van der Waals surface area contributed by atoms with Gasteiger partial charge >= 0.3 is 5.97 Å². The lowest BCUT2D eigenvalue weighted by atomic mass is 9.96. The molecule has 112 valence electrons. The van der Waals surface area contributed by atoms with Crippen molar-refractivity contribution in [2.75, 3.05) is 4.90 Å². The topological polar surface area (TPSA) is 66.8 Å². The fourth-order valence-electron chi connectivity index (χ4n) is 2.50. The largest absolute Gasteiger partial charge is 0.480 e. The average Bonchev–Trinajstić information content (AvgIpc) is 2.54. The van der Waals surface area contributed by atoms with Crippen LogP contribution in [0.25, 0.3) is 0 Å². The monoisotopic (exact) mass is 297 g/mol. The van der Waals surface area contributed by atoms with Gasteiger partial charge in [0.25, 0.3) is 5.91 Å². The van der Waals surface area contributed by atoms with E-state index < -0.39 is 18.1 Å². The molecule has 1 heterocycles. The van der Waals surface area contributed by atoms with Gasteiger partial charge in [-0.15, -0.1) is 0 Å². The number of hydrogen-bond acceptors (Lipinski definition) is 3. The van der Waals surface area contributed by atoms with Gasteiger partial charge in [-0.2, -0.15) is 0 Å². The minimum atomic E-state index is -1.07. The van der Waals surface area contributed by atoms with Gasteiger partial charge in [-0.25, -0.2) is 4.79 Å². The molecule has 0 unspecified atom stereocenters. The molecule has 1 aliphatic rings. The van der Waals surface area contributed by atoms with E-state index in [-0.39, 0.29) is 12.5 Å². The molecular weight excluding hydrogens is 282 g/mol. The van der Waals surface area contributed by atoms with E-state index in [1.807, 2.05) is 36.4 Å². The summed E-state index contributed by atoms with van der Waals surface area (Å²) in [7, 11) is 0. The van der Waals surface area contributed by atoms with Crippen LogP contribution in [-0.4, -0.2) is 29.1 Å². The van der Waals surface area contributed by atoms with Crippen LogP contribution >= 0.6 is 0 Å². The molecule has 5 heteroatoms. The first-order valence-electron chi connectivity index (χ1n) is 6.95. The molecule has 22 heavy (non-hydrogen) atoms. The number of carboxylic acid groups (broad SMARTS) is 1. The van der Waals surface area contributed by atoms with Crippen LogP contribution < -0.4 is 4.90 Å². The van der Waals surface area contributed by atoms with Crippen molar-refractivity contribution in [3.8, 4) is 0 Å². The predicted molar refractivity (Wildman–Crippen MR) is 80.4 cm³/mol. The van der Waals surface area contributed by atoms with Crippen molar-refractivity contribution >= 4 is 17.6 Å². The molecule has 0 aliphatic carbocycles. The highest BCUT2D eigenvalue weighted by Gasteiger charge is 2.53. The van der Waals surface area contributed by atoms with E-state index in [0.717, 1.165) is 5.56 Å². The van der Waals surface area contributed by atoms with E-state index in [1.54, 1.807) is 24.3 Å². The van der Waals surface area contributed by atoms with Crippen LogP contribution in [0.3, 0.4) is 0 Å². The first-order chi connectivity index (χ1) is 10.7. The number of β-lactam (4-membered cyclic amide) rings is 1. The number of aliphatic carboxylic acids is 1. The van der Waals surface area contributed by atoms with Gasteiger partial charge in [-0.05, 0) is 17.7 Å². The smallest absolute Gasteiger partial charge is 0.330 e. The summed E-state index contributed by atoms with van der Waals surface area (Å²) in [5.74, 6) is -1.39. The van der Waals surface area contributed by atoms with Gasteiger partial charge in [0.2, 0.25) is 0 Å². The molecule has 0 bridgehead atoms. The van der Waals surface area contributed by atoms with Crippen LogP contribution in [0.4, 0.5) is 5.69 Å². The van der Waals surface area contributed by atoms with Gasteiger partial charge in [0.15, 0.2) is 12.1 Å². The number of nitrogens with zero attached hydrogens (tertiary/aromatic N) is 1. The van der Waals surface area contributed by atoms with Crippen molar-refractivity contribution in [1.29, 1.82) is 0 Å². The molecule has 2 aromatic rings. The van der Waals surface area contributed by atoms with Crippen LogP contribution in [0.2, 0.25) is 0 Å². The first-order valence-corrected chi connectivity index (χ1v) is 6.95. The molecule has 1 N–H and O–H groups in total. The highest BCUT2D eigenvalue weighted by atomic mass is 16.5. The van der Waals surface area contributed by atoms with E-state index in [9.17, 15) is 14.7 Å². The van der Waals surface area contributed by atoms with Crippen LogP contribution in [-0.2, 0) is 20.9 Å². The SMILES string of the molecule is O=C(O)[C@@H]1[C@H](OCc2ccccc2)C(=O)N1c1ccccc1. The summed E-state index contributed by atoms with van der Waals surface area (Å²) in [5, 5.41) is 9.38. The van der Waals surface area contributed by atoms with Gasteiger partial charge in [0.05, 0.1) is 6.61 Å². The lowest BCUT2D eigenvalue weighted by Gasteiger charge is -2.43. The molecule has 2 atom stereocenters. The van der Waals surface area contributed by atoms with Crippen LogP contribution in [0.1, 0.15) is 5.56 Å². The summed E-state index contributed by atoms with van der Waals surface area (Å²) in [6, 6.07) is 17.1. The van der Waals surface area contributed by atoms with Crippen molar-refractivity contribution in [1.82, 2.24) is 0 Å². The fraction of sp³-hybridized carbons (Fsp3) is 0.176. The lowest BCUT2D eigenvalue weighted by molar-refractivity contribution is -0.158. The van der Waals surface area contributed by atoms with Crippen molar-refractivity contribution in [2.24, 2.45) is 0 Å². The number of carbonyl (C=O) groups excluding carboxylic acids is 1. The highest BCUT2D eigenvalue weighted by molar-refractivity contribution is 6.12. The summed E-state index contributed by atoms with van der Waals surface area (Å²) in [6.07, 6.45) is -0.946. The van der Waals surface area contributed by atoms with E-state index in [4.69, 9.17) is 4.74 Å². The van der Waals surface area contributed by atoms with Gasteiger partial charge < -0.3 is 9.84 Å². The molecule has 0 spiro atoms. The Labute approximate surface area is 127 Å². The van der Waals surface area contributed by atoms with E-state index in [1.165, 1.54) is 4.90 Å². The molecule has 1 saturated heterocycles. The van der Waals surface area contributed by atoms with Crippen molar-refractivity contribution in [3.05, 3.63) is 66.2 Å². The average molecular weight is 297 g/mol. The number of amides is 1. The number of para-hydroxylation sites is 1. The zero-order valence-corrected chi connectivity index (χ0v) is 11.8. The highest BCUT2D eigenvalue weighted by Crippen LogP contribution is 2.30. The summed E-state index contributed by atoms with van der Waals surface area (Å²) >= 11 is 0. The molecule has 1 amide bonds. The normalized spacial score (nSPS) is 20.5. The minimum absolute atomic E-state index is 0.212. The van der Waals surface area contributed by atoms with Gasteiger partial charge in [-0.3, -0.25) is 9.69 Å². The maximum Gasteiger partial charge on any atom is 0.330 e. The number of carbonyl (C=O) groups is 2. The Morgan fingerprint density at radius 1 is 1.05 bits per heavy atom. The van der Waals surface area contributed by atoms with Crippen LogP contribution in [0.5, 0.6) is 0 Å². The molecule has 0 aromatic heterocycles.